The molecule has 0 aromatic heterocycles. The van der Waals surface area contributed by atoms with Crippen LogP contribution in [0.4, 0.5) is 0 Å². The van der Waals surface area contributed by atoms with Gasteiger partial charge in [-0.15, -0.1) is 12.4 Å². The zero-order valence-corrected chi connectivity index (χ0v) is 17.6. The molecule has 0 aliphatic heterocycles. The molecule has 1 unspecified atom stereocenters. The van der Waals surface area contributed by atoms with Crippen LogP contribution in [0.2, 0.25) is 0 Å². The molecule has 3 aromatic carbocycles. The van der Waals surface area contributed by atoms with Crippen molar-refractivity contribution in [2.45, 2.75) is 26.2 Å². The molecule has 5 heteroatoms. The number of hydrogen-bond acceptors (Lipinski definition) is 4. The summed E-state index contributed by atoms with van der Waals surface area (Å²) in [5, 5.41) is 13.5. The van der Waals surface area contributed by atoms with E-state index in [1.807, 2.05) is 60.7 Å². The minimum atomic E-state index is -0.528. The topological polar surface area (TPSA) is 50.7 Å². The number of aliphatic hydroxyl groups is 1. The van der Waals surface area contributed by atoms with Crippen molar-refractivity contribution < 1.29 is 14.6 Å². The Morgan fingerprint density at radius 1 is 0.931 bits per heavy atom. The predicted molar refractivity (Wildman–Crippen MR) is 119 cm³/mol. The van der Waals surface area contributed by atoms with Crippen LogP contribution in [0.15, 0.2) is 72.8 Å². The van der Waals surface area contributed by atoms with Gasteiger partial charge in [0.05, 0.1) is 13.2 Å². The first-order valence-electron chi connectivity index (χ1n) is 9.45. The van der Waals surface area contributed by atoms with Crippen molar-refractivity contribution in [3.8, 4) is 11.5 Å². The Morgan fingerprint density at radius 2 is 1.66 bits per heavy atom. The minimum Gasteiger partial charge on any atom is -0.493 e. The van der Waals surface area contributed by atoms with Gasteiger partial charge >= 0.3 is 0 Å². The van der Waals surface area contributed by atoms with Crippen LogP contribution < -0.4 is 14.8 Å². The molecule has 0 fully saturated rings. The summed E-state index contributed by atoms with van der Waals surface area (Å²) in [4.78, 5) is 0. The highest BCUT2D eigenvalue weighted by Gasteiger charge is 2.09. The maximum Gasteiger partial charge on any atom is 0.161 e. The molecule has 0 aliphatic rings. The van der Waals surface area contributed by atoms with E-state index < -0.39 is 6.10 Å². The van der Waals surface area contributed by atoms with Gasteiger partial charge in [-0.1, -0.05) is 60.7 Å². The van der Waals surface area contributed by atoms with Gasteiger partial charge in [-0.2, -0.15) is 0 Å². The van der Waals surface area contributed by atoms with Crippen molar-refractivity contribution in [2.75, 3.05) is 13.7 Å². The lowest BCUT2D eigenvalue weighted by molar-refractivity contribution is 0.174. The number of halogens is 1. The molecule has 0 amide bonds. The van der Waals surface area contributed by atoms with Crippen LogP contribution in [-0.4, -0.2) is 18.8 Å². The SMILES string of the molecule is COc1cc(CNCC(O)c2ccccc2)ccc1OCc1ccccc1C.Cl. The third kappa shape index (κ3) is 6.50. The van der Waals surface area contributed by atoms with Crippen LogP contribution >= 0.6 is 12.4 Å². The maximum atomic E-state index is 10.2. The van der Waals surface area contributed by atoms with E-state index in [0.29, 0.717) is 25.4 Å². The summed E-state index contributed by atoms with van der Waals surface area (Å²) in [5.74, 6) is 1.43. The lowest BCUT2D eigenvalue weighted by Crippen LogP contribution is -2.21. The molecule has 3 aromatic rings. The van der Waals surface area contributed by atoms with Gasteiger partial charge in [-0.3, -0.25) is 0 Å². The average molecular weight is 414 g/mol. The Hall–Kier alpha value is -2.53. The van der Waals surface area contributed by atoms with Gasteiger partial charge < -0.3 is 19.9 Å². The molecule has 0 saturated carbocycles. The average Bonchev–Trinajstić information content (AvgIpc) is 2.74. The molecular weight excluding hydrogens is 386 g/mol. The molecular formula is C24H28ClNO3. The summed E-state index contributed by atoms with van der Waals surface area (Å²) in [6, 6.07) is 23.8. The van der Waals surface area contributed by atoms with Crippen LogP contribution in [-0.2, 0) is 13.2 Å². The normalized spacial score (nSPS) is 11.4. The summed E-state index contributed by atoms with van der Waals surface area (Å²) in [6.07, 6.45) is -0.528. The van der Waals surface area contributed by atoms with E-state index >= 15 is 0 Å². The van der Waals surface area contributed by atoms with Crippen molar-refractivity contribution >= 4 is 12.4 Å². The largest absolute Gasteiger partial charge is 0.493 e. The van der Waals surface area contributed by atoms with E-state index in [0.717, 1.165) is 22.4 Å². The van der Waals surface area contributed by atoms with Gasteiger partial charge in [0.2, 0.25) is 0 Å². The van der Waals surface area contributed by atoms with Gasteiger partial charge in [-0.25, -0.2) is 0 Å². The lowest BCUT2D eigenvalue weighted by atomic mass is 10.1. The molecule has 0 radical (unpaired) electrons. The standard InChI is InChI=1S/C24H27NO3.ClH/c1-18-8-6-7-11-21(18)17-28-23-13-12-19(14-24(23)27-2)15-25-16-22(26)20-9-4-3-5-10-20;/h3-14,22,25-26H,15-17H2,1-2H3;1H. The van der Waals surface area contributed by atoms with Crippen molar-refractivity contribution in [1.82, 2.24) is 5.32 Å². The fourth-order valence-electron chi connectivity index (χ4n) is 3.02. The van der Waals surface area contributed by atoms with Crippen LogP contribution in [0, 0.1) is 6.92 Å². The minimum absolute atomic E-state index is 0. The number of benzene rings is 3. The highest BCUT2D eigenvalue weighted by atomic mass is 35.5. The van der Waals surface area contributed by atoms with E-state index in [1.54, 1.807) is 7.11 Å². The van der Waals surface area contributed by atoms with Crippen molar-refractivity contribution in [3.63, 3.8) is 0 Å². The highest BCUT2D eigenvalue weighted by Crippen LogP contribution is 2.29. The molecule has 154 valence electrons. The monoisotopic (exact) mass is 413 g/mol. The number of nitrogens with one attached hydrogen (secondary N) is 1. The smallest absolute Gasteiger partial charge is 0.161 e. The van der Waals surface area contributed by atoms with Crippen molar-refractivity contribution in [2.24, 2.45) is 0 Å². The number of aryl methyl sites for hydroxylation is 1. The molecule has 0 saturated heterocycles. The second-order valence-corrected chi connectivity index (χ2v) is 6.76. The van der Waals surface area contributed by atoms with Crippen LogP contribution in [0.3, 0.4) is 0 Å². The van der Waals surface area contributed by atoms with Gasteiger partial charge in [0.15, 0.2) is 11.5 Å². The number of hydrogen-bond donors (Lipinski definition) is 2. The summed E-state index contributed by atoms with van der Waals surface area (Å²) in [7, 11) is 1.65. The maximum absolute atomic E-state index is 10.2. The molecule has 0 heterocycles. The third-order valence-electron chi connectivity index (χ3n) is 4.72. The first-order valence-corrected chi connectivity index (χ1v) is 9.45. The van der Waals surface area contributed by atoms with Gasteiger partial charge in [-0.05, 0) is 41.3 Å². The Labute approximate surface area is 178 Å². The summed E-state index contributed by atoms with van der Waals surface area (Å²) in [6.45, 7) is 3.70. The molecule has 0 aliphatic carbocycles. The summed E-state index contributed by atoms with van der Waals surface area (Å²) in [5.41, 5.74) is 4.34. The number of rotatable bonds is 9. The Kier molecular flexibility index (Phi) is 9.00. The number of methoxy groups -OCH3 is 1. The van der Waals surface area contributed by atoms with Crippen molar-refractivity contribution in [1.29, 1.82) is 0 Å². The third-order valence-corrected chi connectivity index (χ3v) is 4.72. The zero-order valence-electron chi connectivity index (χ0n) is 16.8. The first-order chi connectivity index (χ1) is 13.7. The van der Waals surface area contributed by atoms with E-state index in [9.17, 15) is 5.11 Å². The van der Waals surface area contributed by atoms with E-state index in [1.165, 1.54) is 5.56 Å². The van der Waals surface area contributed by atoms with Crippen LogP contribution in [0.25, 0.3) is 0 Å². The fraction of sp³-hybridized carbons (Fsp3) is 0.250. The van der Waals surface area contributed by atoms with Gasteiger partial charge in [0, 0.05) is 13.1 Å². The van der Waals surface area contributed by atoms with Crippen molar-refractivity contribution in [3.05, 3.63) is 95.1 Å². The molecule has 0 bridgehead atoms. The fourth-order valence-corrected chi connectivity index (χ4v) is 3.02. The van der Waals surface area contributed by atoms with E-state index in [4.69, 9.17) is 9.47 Å². The molecule has 3 rings (SSSR count). The van der Waals surface area contributed by atoms with Gasteiger partial charge in [0.25, 0.3) is 0 Å². The zero-order chi connectivity index (χ0) is 19.8. The van der Waals surface area contributed by atoms with E-state index in [-0.39, 0.29) is 12.4 Å². The number of ether oxygens (including phenoxy) is 2. The van der Waals surface area contributed by atoms with E-state index in [2.05, 4.69) is 24.4 Å². The first kappa shape index (κ1) is 22.8. The highest BCUT2D eigenvalue weighted by molar-refractivity contribution is 5.85. The lowest BCUT2D eigenvalue weighted by Gasteiger charge is -2.15. The Morgan fingerprint density at radius 3 is 2.38 bits per heavy atom. The van der Waals surface area contributed by atoms with Gasteiger partial charge in [0.1, 0.15) is 6.61 Å². The Bertz CT molecular complexity index is 886. The Balaban J connectivity index is 0.00000300. The number of aliphatic hydroxyl groups excluding tert-OH is 1. The second kappa shape index (κ2) is 11.5. The molecule has 2 N–H and O–H groups in total. The molecule has 29 heavy (non-hydrogen) atoms. The molecule has 0 spiro atoms. The quantitative estimate of drug-likeness (QED) is 0.527. The van der Waals surface area contributed by atoms with Crippen LogP contribution in [0.5, 0.6) is 11.5 Å². The molecule has 1 atom stereocenters. The molecule has 4 nitrogen and oxygen atoms in total. The second-order valence-electron chi connectivity index (χ2n) is 6.76. The summed E-state index contributed by atoms with van der Waals surface area (Å²) < 4.78 is 11.5. The predicted octanol–water partition coefficient (Wildman–Crippen LogP) is 4.83. The summed E-state index contributed by atoms with van der Waals surface area (Å²) >= 11 is 0. The van der Waals surface area contributed by atoms with Crippen LogP contribution in [0.1, 0.15) is 28.4 Å².